The minimum absolute atomic E-state index is 0.472. The first-order valence-electron chi connectivity index (χ1n) is 7.90. The van der Waals surface area contributed by atoms with E-state index in [1.54, 1.807) is 0 Å². The van der Waals surface area contributed by atoms with Gasteiger partial charge in [-0.15, -0.1) is 0 Å². The Morgan fingerprint density at radius 1 is 1.00 bits per heavy atom. The first-order chi connectivity index (χ1) is 11.1. The van der Waals surface area contributed by atoms with Gasteiger partial charge in [0.25, 0.3) is 0 Å². The molecule has 0 amide bonds. The number of hydrogen-bond donors (Lipinski definition) is 1. The van der Waals surface area contributed by atoms with Gasteiger partial charge in [0.1, 0.15) is 5.84 Å². The first kappa shape index (κ1) is 17.2. The van der Waals surface area contributed by atoms with Crippen molar-refractivity contribution < 1.29 is 0 Å². The molecule has 4 heteroatoms. The number of benzene rings is 2. The summed E-state index contributed by atoms with van der Waals surface area (Å²) < 4.78 is 0. The minimum atomic E-state index is 0.472. The van der Waals surface area contributed by atoms with E-state index in [4.69, 9.17) is 12.2 Å². The number of amidine groups is 1. The number of hydrogen-bond acceptors (Lipinski definition) is 1. The zero-order valence-corrected chi connectivity index (χ0v) is 14.7. The number of aliphatic imine (C=N–C) groups is 1. The molecule has 0 radical (unpaired) electrons. The second-order valence-corrected chi connectivity index (χ2v) is 5.66. The van der Waals surface area contributed by atoms with E-state index in [2.05, 4.69) is 60.2 Å². The Bertz CT molecular complexity index is 659. The van der Waals surface area contributed by atoms with Crippen LogP contribution in [0.4, 0.5) is 5.69 Å². The van der Waals surface area contributed by atoms with Crippen molar-refractivity contribution >= 4 is 28.9 Å². The average molecular weight is 325 g/mol. The van der Waals surface area contributed by atoms with E-state index in [9.17, 15) is 0 Å². The van der Waals surface area contributed by atoms with Crippen LogP contribution in [-0.2, 0) is 0 Å². The molecule has 0 unspecified atom stereocenters. The van der Waals surface area contributed by atoms with Crippen molar-refractivity contribution in [1.82, 2.24) is 4.90 Å². The number of nitrogens with one attached hydrogen (secondary N) is 1. The molecule has 0 spiro atoms. The highest BCUT2D eigenvalue weighted by atomic mass is 32.1. The highest BCUT2D eigenvalue weighted by molar-refractivity contribution is 7.80. The van der Waals surface area contributed by atoms with Gasteiger partial charge in [0, 0.05) is 24.3 Å². The van der Waals surface area contributed by atoms with Crippen LogP contribution in [0.2, 0.25) is 0 Å². The summed E-state index contributed by atoms with van der Waals surface area (Å²) in [6, 6.07) is 18.3. The lowest BCUT2D eigenvalue weighted by atomic mass is 10.2. The topological polar surface area (TPSA) is 27.6 Å². The van der Waals surface area contributed by atoms with Crippen LogP contribution in [0.25, 0.3) is 0 Å². The summed E-state index contributed by atoms with van der Waals surface area (Å²) in [5, 5.41) is 3.66. The molecule has 0 bridgehead atoms. The third-order valence-electron chi connectivity index (χ3n) is 3.61. The van der Waals surface area contributed by atoms with E-state index in [1.807, 2.05) is 30.3 Å². The maximum atomic E-state index is 5.43. The van der Waals surface area contributed by atoms with E-state index in [0.29, 0.717) is 5.11 Å². The van der Waals surface area contributed by atoms with Crippen LogP contribution < -0.4 is 5.32 Å². The average Bonchev–Trinajstić information content (AvgIpc) is 2.58. The van der Waals surface area contributed by atoms with Gasteiger partial charge in [0.05, 0.1) is 0 Å². The third kappa shape index (κ3) is 4.89. The smallest absolute Gasteiger partial charge is 0.199 e. The maximum Gasteiger partial charge on any atom is 0.199 e. The van der Waals surface area contributed by atoms with Crippen molar-refractivity contribution in [3.63, 3.8) is 0 Å². The molecule has 0 aliphatic heterocycles. The fourth-order valence-corrected chi connectivity index (χ4v) is 2.52. The molecule has 120 valence electrons. The zero-order valence-electron chi connectivity index (χ0n) is 13.9. The molecule has 0 atom stereocenters. The summed E-state index contributed by atoms with van der Waals surface area (Å²) in [5.41, 5.74) is 3.25. The number of thiocarbonyl (C=S) groups is 1. The molecule has 0 saturated heterocycles. The van der Waals surface area contributed by atoms with Crippen molar-refractivity contribution in [2.24, 2.45) is 4.99 Å². The molecule has 0 aliphatic carbocycles. The fourth-order valence-electron chi connectivity index (χ4n) is 2.31. The fraction of sp³-hybridized carbons (Fsp3) is 0.263. The van der Waals surface area contributed by atoms with Crippen LogP contribution in [0, 0.1) is 6.92 Å². The van der Waals surface area contributed by atoms with Gasteiger partial charge in [0.15, 0.2) is 5.11 Å². The summed E-state index contributed by atoms with van der Waals surface area (Å²) in [6.07, 6.45) is 0. The highest BCUT2D eigenvalue weighted by Crippen LogP contribution is 2.11. The zero-order chi connectivity index (χ0) is 16.7. The third-order valence-corrected chi connectivity index (χ3v) is 3.80. The van der Waals surface area contributed by atoms with Crippen LogP contribution in [0.1, 0.15) is 25.0 Å². The Hall–Kier alpha value is -2.20. The summed E-state index contributed by atoms with van der Waals surface area (Å²) in [7, 11) is 0. The Morgan fingerprint density at radius 2 is 1.61 bits per heavy atom. The summed E-state index contributed by atoms with van der Waals surface area (Å²) in [4.78, 5) is 6.88. The lowest BCUT2D eigenvalue weighted by Crippen LogP contribution is -2.32. The van der Waals surface area contributed by atoms with Gasteiger partial charge in [-0.1, -0.05) is 48.0 Å². The van der Waals surface area contributed by atoms with Gasteiger partial charge < -0.3 is 10.2 Å². The second kappa shape index (κ2) is 8.44. The van der Waals surface area contributed by atoms with Gasteiger partial charge in [-0.3, -0.25) is 0 Å². The van der Waals surface area contributed by atoms with E-state index in [-0.39, 0.29) is 0 Å². The molecule has 2 rings (SSSR count). The van der Waals surface area contributed by atoms with E-state index in [0.717, 1.165) is 30.2 Å². The Balaban J connectivity index is 2.25. The van der Waals surface area contributed by atoms with Crippen LogP contribution in [0.5, 0.6) is 0 Å². The van der Waals surface area contributed by atoms with Crippen LogP contribution in [0.3, 0.4) is 0 Å². The quantitative estimate of drug-likeness (QED) is 0.510. The number of aryl methyl sites for hydroxylation is 1. The van der Waals surface area contributed by atoms with Gasteiger partial charge in [-0.2, -0.15) is 0 Å². The van der Waals surface area contributed by atoms with Crippen molar-refractivity contribution in [3.8, 4) is 0 Å². The molecular formula is C19H23N3S. The SMILES string of the molecule is CCN(CC)/C(=N\C(=S)Nc1ccc(C)cc1)c1ccccc1. The molecule has 2 aromatic rings. The molecule has 0 saturated carbocycles. The molecule has 0 aliphatic rings. The largest absolute Gasteiger partial charge is 0.357 e. The summed E-state index contributed by atoms with van der Waals surface area (Å²) in [5.74, 6) is 0.903. The van der Waals surface area contributed by atoms with Crippen molar-refractivity contribution in [2.45, 2.75) is 20.8 Å². The predicted molar refractivity (Wildman–Crippen MR) is 103 cm³/mol. The lowest BCUT2D eigenvalue weighted by molar-refractivity contribution is 0.467. The second-order valence-electron chi connectivity index (χ2n) is 5.27. The van der Waals surface area contributed by atoms with Crippen LogP contribution in [-0.4, -0.2) is 28.9 Å². The molecule has 1 N–H and O–H groups in total. The lowest BCUT2D eigenvalue weighted by Gasteiger charge is -2.23. The van der Waals surface area contributed by atoms with Crippen LogP contribution >= 0.6 is 12.2 Å². The van der Waals surface area contributed by atoms with E-state index in [1.165, 1.54) is 5.56 Å². The standard InChI is InChI=1S/C19H23N3S/c1-4-22(5-2)18(16-9-7-6-8-10-16)21-19(23)20-17-13-11-15(3)12-14-17/h6-14H,4-5H2,1-3H3,(H,20,23)/b21-18-. The summed E-state index contributed by atoms with van der Waals surface area (Å²) in [6.45, 7) is 8.08. The van der Waals surface area contributed by atoms with E-state index < -0.39 is 0 Å². The number of anilines is 1. The van der Waals surface area contributed by atoms with Crippen molar-refractivity contribution in [2.75, 3.05) is 18.4 Å². The monoisotopic (exact) mass is 325 g/mol. The molecule has 23 heavy (non-hydrogen) atoms. The minimum Gasteiger partial charge on any atom is -0.357 e. The molecule has 3 nitrogen and oxygen atoms in total. The number of rotatable bonds is 4. The molecule has 0 heterocycles. The summed E-state index contributed by atoms with van der Waals surface area (Å²) >= 11 is 5.43. The van der Waals surface area contributed by atoms with E-state index >= 15 is 0 Å². The molecular weight excluding hydrogens is 302 g/mol. The van der Waals surface area contributed by atoms with Crippen molar-refractivity contribution in [3.05, 3.63) is 65.7 Å². The number of nitrogens with zero attached hydrogens (tertiary/aromatic N) is 2. The molecule has 2 aromatic carbocycles. The predicted octanol–water partition coefficient (Wildman–Crippen LogP) is 4.48. The Labute approximate surface area is 144 Å². The van der Waals surface area contributed by atoms with Gasteiger partial charge in [-0.05, 0) is 45.1 Å². The molecule has 0 aromatic heterocycles. The van der Waals surface area contributed by atoms with Gasteiger partial charge in [-0.25, -0.2) is 4.99 Å². The Kier molecular flexibility index (Phi) is 6.29. The van der Waals surface area contributed by atoms with Gasteiger partial charge >= 0.3 is 0 Å². The Morgan fingerprint density at radius 3 is 2.17 bits per heavy atom. The highest BCUT2D eigenvalue weighted by Gasteiger charge is 2.11. The van der Waals surface area contributed by atoms with Gasteiger partial charge in [0.2, 0.25) is 0 Å². The maximum absolute atomic E-state index is 5.43. The van der Waals surface area contributed by atoms with Crippen molar-refractivity contribution in [1.29, 1.82) is 0 Å². The molecule has 0 fully saturated rings. The van der Waals surface area contributed by atoms with Crippen LogP contribution in [0.15, 0.2) is 59.6 Å². The normalized spacial score (nSPS) is 11.2. The first-order valence-corrected chi connectivity index (χ1v) is 8.31.